The minimum Gasteiger partial charge on any atom is -0.496 e. The molecule has 0 saturated carbocycles. The Morgan fingerprint density at radius 2 is 1.96 bits per heavy atom. The fraction of sp³-hybridized carbons (Fsp3) is 0.300. The van der Waals surface area contributed by atoms with Crippen LogP contribution in [0.15, 0.2) is 47.1 Å². The van der Waals surface area contributed by atoms with E-state index in [0.717, 1.165) is 11.1 Å². The molecular formula is C20H21N3O5. The molecule has 2 aromatic heterocycles. The maximum atomic E-state index is 13.2. The number of rotatable bonds is 7. The molecule has 0 spiro atoms. The summed E-state index contributed by atoms with van der Waals surface area (Å²) >= 11 is 0. The van der Waals surface area contributed by atoms with Crippen LogP contribution in [-0.2, 0) is 9.47 Å². The van der Waals surface area contributed by atoms with Crippen LogP contribution in [0.2, 0.25) is 0 Å². The monoisotopic (exact) mass is 383 g/mol. The normalized spacial score (nSPS) is 16.1. The van der Waals surface area contributed by atoms with Crippen molar-refractivity contribution in [3.8, 4) is 17.2 Å². The lowest BCUT2D eigenvalue weighted by Gasteiger charge is -2.29. The number of hydrogen-bond acceptors (Lipinski definition) is 6. The molecular weight excluding hydrogens is 362 g/mol. The first kappa shape index (κ1) is 18.3. The summed E-state index contributed by atoms with van der Waals surface area (Å²) in [7, 11) is 4.69. The first-order valence-corrected chi connectivity index (χ1v) is 8.81. The average molecular weight is 383 g/mol. The molecule has 0 saturated heterocycles. The highest BCUT2D eigenvalue weighted by Crippen LogP contribution is 2.45. The molecule has 1 aliphatic rings. The lowest BCUT2D eigenvalue weighted by atomic mass is 9.97. The summed E-state index contributed by atoms with van der Waals surface area (Å²) in [5.41, 5.74) is 2.61. The number of ether oxygens (including phenoxy) is 3. The number of para-hydroxylation sites is 1. The van der Waals surface area contributed by atoms with Crippen molar-refractivity contribution in [2.45, 2.75) is 12.3 Å². The van der Waals surface area contributed by atoms with Crippen LogP contribution >= 0.6 is 0 Å². The van der Waals surface area contributed by atoms with E-state index in [-0.39, 0.29) is 12.5 Å². The van der Waals surface area contributed by atoms with Gasteiger partial charge < -0.3 is 23.5 Å². The van der Waals surface area contributed by atoms with Gasteiger partial charge in [0.1, 0.15) is 11.4 Å². The van der Waals surface area contributed by atoms with Gasteiger partial charge in [0, 0.05) is 25.3 Å². The molecule has 1 aromatic carbocycles. The number of H-pyrrole nitrogens is 1. The number of aromatic amines is 1. The highest BCUT2D eigenvalue weighted by atomic mass is 16.7. The number of amides is 1. The van der Waals surface area contributed by atoms with Crippen molar-refractivity contribution in [2.24, 2.45) is 0 Å². The number of carbonyl (C=O) groups is 1. The summed E-state index contributed by atoms with van der Waals surface area (Å²) < 4.78 is 21.8. The van der Waals surface area contributed by atoms with Gasteiger partial charge >= 0.3 is 0 Å². The summed E-state index contributed by atoms with van der Waals surface area (Å²) in [5, 5.41) is 7.23. The van der Waals surface area contributed by atoms with Gasteiger partial charge in [-0.2, -0.15) is 5.10 Å². The second kappa shape index (κ2) is 7.49. The van der Waals surface area contributed by atoms with E-state index in [1.54, 1.807) is 38.6 Å². The first-order valence-electron chi connectivity index (χ1n) is 8.81. The number of nitrogens with one attached hydrogen (secondary N) is 1. The van der Waals surface area contributed by atoms with Gasteiger partial charge in [0.05, 0.1) is 26.0 Å². The Kier molecular flexibility index (Phi) is 4.89. The molecule has 8 nitrogen and oxygen atoms in total. The number of hydrogen-bond donors (Lipinski definition) is 1. The van der Waals surface area contributed by atoms with Crippen molar-refractivity contribution in [3.05, 3.63) is 59.5 Å². The molecule has 0 bridgehead atoms. The van der Waals surface area contributed by atoms with Crippen LogP contribution < -0.4 is 4.74 Å². The Hall–Kier alpha value is -3.10. The zero-order chi connectivity index (χ0) is 19.7. The number of furan rings is 1. The Balaban J connectivity index is 1.88. The van der Waals surface area contributed by atoms with Crippen molar-refractivity contribution in [1.82, 2.24) is 15.1 Å². The van der Waals surface area contributed by atoms with Gasteiger partial charge in [0.15, 0.2) is 17.7 Å². The second-order valence-corrected chi connectivity index (χ2v) is 6.34. The van der Waals surface area contributed by atoms with E-state index in [1.165, 1.54) is 0 Å². The molecule has 8 heteroatoms. The van der Waals surface area contributed by atoms with Gasteiger partial charge in [-0.05, 0) is 18.2 Å². The van der Waals surface area contributed by atoms with Gasteiger partial charge in [-0.3, -0.25) is 9.89 Å². The smallest absolute Gasteiger partial charge is 0.275 e. The fourth-order valence-corrected chi connectivity index (χ4v) is 3.61. The number of benzene rings is 1. The van der Waals surface area contributed by atoms with Crippen molar-refractivity contribution in [1.29, 1.82) is 0 Å². The van der Waals surface area contributed by atoms with Gasteiger partial charge in [-0.25, -0.2) is 0 Å². The van der Waals surface area contributed by atoms with Gasteiger partial charge in [0.25, 0.3) is 5.91 Å². The van der Waals surface area contributed by atoms with Crippen LogP contribution in [0, 0.1) is 0 Å². The molecule has 3 aromatic rings. The maximum Gasteiger partial charge on any atom is 0.275 e. The highest BCUT2D eigenvalue weighted by Gasteiger charge is 2.44. The predicted molar refractivity (Wildman–Crippen MR) is 100.0 cm³/mol. The molecule has 0 aliphatic carbocycles. The topological polar surface area (TPSA) is 89.8 Å². The molecule has 146 valence electrons. The molecule has 1 aliphatic heterocycles. The maximum absolute atomic E-state index is 13.2. The van der Waals surface area contributed by atoms with Crippen LogP contribution in [0.1, 0.15) is 27.7 Å². The summed E-state index contributed by atoms with van der Waals surface area (Å²) in [6.07, 6.45) is 1.02. The zero-order valence-electron chi connectivity index (χ0n) is 15.8. The van der Waals surface area contributed by atoms with Crippen molar-refractivity contribution >= 4 is 5.91 Å². The quantitative estimate of drug-likeness (QED) is 0.631. The lowest BCUT2D eigenvalue weighted by molar-refractivity contribution is -0.113. The van der Waals surface area contributed by atoms with E-state index in [4.69, 9.17) is 18.6 Å². The van der Waals surface area contributed by atoms with Crippen LogP contribution in [0.4, 0.5) is 0 Å². The Morgan fingerprint density at radius 1 is 1.18 bits per heavy atom. The molecule has 3 heterocycles. The molecule has 0 fully saturated rings. The van der Waals surface area contributed by atoms with Crippen LogP contribution in [-0.4, -0.2) is 55.2 Å². The third-order valence-electron chi connectivity index (χ3n) is 4.93. The SMILES string of the molecule is COc1ccccc1C1c2c(n[nH]c2-c2ccco2)C(=O)N1CC(OC)OC. The molecule has 1 atom stereocenters. The third kappa shape index (κ3) is 2.87. The third-order valence-corrected chi connectivity index (χ3v) is 4.93. The Morgan fingerprint density at radius 3 is 2.64 bits per heavy atom. The number of nitrogens with zero attached hydrogens (tertiary/aromatic N) is 2. The molecule has 28 heavy (non-hydrogen) atoms. The van der Waals surface area contributed by atoms with Gasteiger partial charge in [-0.15, -0.1) is 0 Å². The van der Waals surface area contributed by atoms with Crippen molar-refractivity contribution in [3.63, 3.8) is 0 Å². The fourth-order valence-electron chi connectivity index (χ4n) is 3.61. The highest BCUT2D eigenvalue weighted by molar-refractivity contribution is 6.00. The summed E-state index contributed by atoms with van der Waals surface area (Å²) in [6.45, 7) is 0.239. The zero-order valence-corrected chi connectivity index (χ0v) is 15.8. The Bertz CT molecular complexity index is 962. The molecule has 4 rings (SSSR count). The average Bonchev–Trinajstić information content (AvgIpc) is 3.44. The summed E-state index contributed by atoms with van der Waals surface area (Å²) in [4.78, 5) is 14.9. The molecule has 1 unspecified atom stereocenters. The van der Waals surface area contributed by atoms with Crippen LogP contribution in [0.5, 0.6) is 5.75 Å². The molecule has 1 amide bonds. The minimum absolute atomic E-state index is 0.209. The van der Waals surface area contributed by atoms with E-state index >= 15 is 0 Å². The van der Waals surface area contributed by atoms with E-state index in [1.807, 2.05) is 30.3 Å². The van der Waals surface area contributed by atoms with Crippen molar-refractivity contribution < 1.29 is 23.4 Å². The van der Waals surface area contributed by atoms with Crippen LogP contribution in [0.25, 0.3) is 11.5 Å². The Labute approximate surface area is 162 Å². The van der Waals surface area contributed by atoms with Crippen molar-refractivity contribution in [2.75, 3.05) is 27.9 Å². The number of methoxy groups -OCH3 is 3. The van der Waals surface area contributed by atoms with E-state index < -0.39 is 12.3 Å². The van der Waals surface area contributed by atoms with Gasteiger partial charge in [-0.1, -0.05) is 18.2 Å². The number of carbonyl (C=O) groups excluding carboxylic acids is 1. The lowest BCUT2D eigenvalue weighted by Crippen LogP contribution is -2.38. The predicted octanol–water partition coefficient (Wildman–Crippen LogP) is 2.84. The minimum atomic E-state index is -0.568. The van der Waals surface area contributed by atoms with E-state index in [9.17, 15) is 4.79 Å². The number of aromatic nitrogens is 2. The summed E-state index contributed by atoms with van der Waals surface area (Å²) in [6, 6.07) is 10.8. The second-order valence-electron chi connectivity index (χ2n) is 6.34. The molecule has 0 radical (unpaired) electrons. The molecule has 1 N–H and O–H groups in total. The van der Waals surface area contributed by atoms with Gasteiger partial charge in [0.2, 0.25) is 0 Å². The van der Waals surface area contributed by atoms with E-state index in [0.29, 0.717) is 22.9 Å². The standard InChI is InChI=1S/C20H21N3O5/c1-25-13-8-5-4-7-12(13)19-16-17(14-9-6-10-28-14)21-22-18(16)20(24)23(19)11-15(26-2)27-3/h4-10,15,19H,11H2,1-3H3,(H,21,22). The summed E-state index contributed by atoms with van der Waals surface area (Å²) in [5.74, 6) is 1.08. The largest absolute Gasteiger partial charge is 0.496 e. The van der Waals surface area contributed by atoms with E-state index in [2.05, 4.69) is 10.2 Å². The first-order chi connectivity index (χ1) is 13.7. The number of fused-ring (bicyclic) bond motifs is 1. The van der Waals surface area contributed by atoms with Crippen LogP contribution in [0.3, 0.4) is 0 Å².